The van der Waals surface area contributed by atoms with Crippen LogP contribution in [0.4, 0.5) is 0 Å². The molecule has 0 bridgehead atoms. The Kier molecular flexibility index (Phi) is 1.66. The average molecular weight is 186 g/mol. The molecule has 1 aliphatic carbocycles. The lowest BCUT2D eigenvalue weighted by molar-refractivity contribution is 0.557. The highest BCUT2D eigenvalue weighted by Crippen LogP contribution is 2.43. The lowest BCUT2D eigenvalue weighted by Crippen LogP contribution is -1.78. The van der Waals surface area contributed by atoms with E-state index in [2.05, 4.69) is 31.2 Å². The van der Waals surface area contributed by atoms with E-state index >= 15 is 0 Å². The molecule has 0 amide bonds. The van der Waals surface area contributed by atoms with Gasteiger partial charge in [0.2, 0.25) is 0 Å². The van der Waals surface area contributed by atoms with Gasteiger partial charge in [-0.2, -0.15) is 0 Å². The Labute approximate surface area is 83.7 Å². The summed E-state index contributed by atoms with van der Waals surface area (Å²) in [4.78, 5) is 0. The fraction of sp³-hybridized carbons (Fsp3) is 0.385. The third-order valence-electron chi connectivity index (χ3n) is 3.01. The van der Waals surface area contributed by atoms with Gasteiger partial charge in [0.25, 0.3) is 0 Å². The van der Waals surface area contributed by atoms with Gasteiger partial charge in [-0.1, -0.05) is 19.1 Å². The minimum Gasteiger partial charge on any atom is -0.461 e. The second-order valence-electron chi connectivity index (χ2n) is 4.10. The summed E-state index contributed by atoms with van der Waals surface area (Å²) in [5.74, 6) is 1.91. The minimum atomic E-state index is 0.806. The van der Waals surface area contributed by atoms with Crippen molar-refractivity contribution in [3.8, 4) is 0 Å². The smallest absolute Gasteiger partial charge is 0.134 e. The van der Waals surface area contributed by atoms with E-state index in [4.69, 9.17) is 4.42 Å². The first-order valence-electron chi connectivity index (χ1n) is 5.40. The summed E-state index contributed by atoms with van der Waals surface area (Å²) in [6.07, 6.45) is 3.69. The van der Waals surface area contributed by atoms with Crippen molar-refractivity contribution >= 4 is 11.0 Å². The van der Waals surface area contributed by atoms with Gasteiger partial charge in [0.15, 0.2) is 0 Å². The Bertz CT molecular complexity index is 463. The zero-order chi connectivity index (χ0) is 9.54. The van der Waals surface area contributed by atoms with Crippen molar-refractivity contribution in [1.29, 1.82) is 0 Å². The molecule has 1 nitrogen and oxygen atoms in total. The molecule has 0 N–H and O–H groups in total. The number of benzene rings is 1. The maximum atomic E-state index is 5.74. The quantitative estimate of drug-likeness (QED) is 0.693. The lowest BCUT2D eigenvalue weighted by Gasteiger charge is -1.97. The Morgan fingerprint density at radius 1 is 1.36 bits per heavy atom. The van der Waals surface area contributed by atoms with Crippen molar-refractivity contribution in [2.45, 2.75) is 32.1 Å². The van der Waals surface area contributed by atoms with Crippen molar-refractivity contribution < 1.29 is 4.42 Å². The van der Waals surface area contributed by atoms with E-state index in [-0.39, 0.29) is 0 Å². The van der Waals surface area contributed by atoms with E-state index in [1.54, 1.807) is 0 Å². The first-order valence-corrected chi connectivity index (χ1v) is 5.40. The number of hydrogen-bond donors (Lipinski definition) is 0. The standard InChI is InChI=1S/C13H14O/c1-2-10-8-12-11(9-6-7-9)4-3-5-13(12)14-10/h3-5,8-9H,2,6-7H2,1H3. The number of aryl methyl sites for hydroxylation is 1. The van der Waals surface area contributed by atoms with Crippen molar-refractivity contribution in [2.75, 3.05) is 0 Å². The molecule has 1 saturated carbocycles. The summed E-state index contributed by atoms with van der Waals surface area (Å²) in [6.45, 7) is 2.13. The summed E-state index contributed by atoms with van der Waals surface area (Å²) in [6, 6.07) is 8.64. The Hall–Kier alpha value is -1.24. The normalized spacial score (nSPS) is 16.4. The highest BCUT2D eigenvalue weighted by Gasteiger charge is 2.25. The second kappa shape index (κ2) is 2.88. The molecule has 0 aliphatic heterocycles. The van der Waals surface area contributed by atoms with Gasteiger partial charge in [0.1, 0.15) is 11.3 Å². The third kappa shape index (κ3) is 1.16. The van der Waals surface area contributed by atoms with Crippen LogP contribution in [0, 0.1) is 0 Å². The van der Waals surface area contributed by atoms with Gasteiger partial charge in [0.05, 0.1) is 0 Å². The van der Waals surface area contributed by atoms with Crippen molar-refractivity contribution in [3.63, 3.8) is 0 Å². The number of furan rings is 1. The molecule has 1 fully saturated rings. The number of rotatable bonds is 2. The minimum absolute atomic E-state index is 0.806. The summed E-state index contributed by atoms with van der Waals surface area (Å²) < 4.78 is 5.74. The van der Waals surface area contributed by atoms with E-state index in [9.17, 15) is 0 Å². The fourth-order valence-corrected chi connectivity index (χ4v) is 2.06. The average Bonchev–Trinajstić information content (AvgIpc) is 2.96. The molecule has 1 heterocycles. The van der Waals surface area contributed by atoms with Crippen LogP contribution in [0.3, 0.4) is 0 Å². The molecule has 0 spiro atoms. The van der Waals surface area contributed by atoms with Crippen LogP contribution < -0.4 is 0 Å². The Balaban J connectivity index is 2.23. The van der Waals surface area contributed by atoms with Crippen molar-refractivity contribution in [1.82, 2.24) is 0 Å². The molecule has 1 heteroatoms. The molecule has 1 aromatic heterocycles. The van der Waals surface area contributed by atoms with Crippen LogP contribution in [0.2, 0.25) is 0 Å². The van der Waals surface area contributed by atoms with Gasteiger partial charge < -0.3 is 4.42 Å². The molecule has 72 valence electrons. The zero-order valence-electron chi connectivity index (χ0n) is 8.42. The maximum absolute atomic E-state index is 5.74. The van der Waals surface area contributed by atoms with Crippen molar-refractivity contribution in [2.24, 2.45) is 0 Å². The summed E-state index contributed by atoms with van der Waals surface area (Å²) in [5.41, 5.74) is 2.55. The van der Waals surface area contributed by atoms with E-state index in [1.807, 2.05) is 0 Å². The molecule has 0 atom stereocenters. The predicted molar refractivity (Wildman–Crippen MR) is 57.6 cm³/mol. The molecule has 14 heavy (non-hydrogen) atoms. The predicted octanol–water partition coefficient (Wildman–Crippen LogP) is 3.87. The molecule has 0 unspecified atom stereocenters. The summed E-state index contributed by atoms with van der Waals surface area (Å²) in [5, 5.41) is 1.34. The van der Waals surface area contributed by atoms with Crippen LogP contribution in [-0.2, 0) is 6.42 Å². The molecular formula is C13H14O. The SMILES string of the molecule is CCc1cc2c(C3CC3)cccc2o1. The van der Waals surface area contributed by atoms with Gasteiger partial charge in [0, 0.05) is 11.8 Å². The van der Waals surface area contributed by atoms with E-state index in [0.29, 0.717) is 0 Å². The van der Waals surface area contributed by atoms with Crippen LogP contribution in [0.5, 0.6) is 0 Å². The van der Waals surface area contributed by atoms with Crippen LogP contribution in [0.15, 0.2) is 28.7 Å². The Morgan fingerprint density at radius 3 is 2.93 bits per heavy atom. The highest BCUT2D eigenvalue weighted by atomic mass is 16.3. The van der Waals surface area contributed by atoms with Gasteiger partial charge in [-0.15, -0.1) is 0 Å². The van der Waals surface area contributed by atoms with E-state index in [0.717, 1.165) is 23.7 Å². The number of hydrogen-bond acceptors (Lipinski definition) is 1. The van der Waals surface area contributed by atoms with E-state index < -0.39 is 0 Å². The highest BCUT2D eigenvalue weighted by molar-refractivity contribution is 5.82. The molecule has 0 saturated heterocycles. The first kappa shape index (κ1) is 8.10. The van der Waals surface area contributed by atoms with Crippen LogP contribution in [0.1, 0.15) is 37.0 Å². The molecule has 1 aliphatic rings. The first-order chi connectivity index (χ1) is 6.88. The van der Waals surface area contributed by atoms with Gasteiger partial charge >= 0.3 is 0 Å². The molecule has 0 radical (unpaired) electrons. The fourth-order valence-electron chi connectivity index (χ4n) is 2.06. The maximum Gasteiger partial charge on any atom is 0.134 e. The zero-order valence-corrected chi connectivity index (χ0v) is 8.42. The van der Waals surface area contributed by atoms with Crippen LogP contribution in [0.25, 0.3) is 11.0 Å². The summed E-state index contributed by atoms with van der Waals surface area (Å²) >= 11 is 0. The van der Waals surface area contributed by atoms with Gasteiger partial charge in [-0.05, 0) is 36.5 Å². The monoisotopic (exact) mass is 186 g/mol. The molecular weight excluding hydrogens is 172 g/mol. The van der Waals surface area contributed by atoms with Gasteiger partial charge in [-0.25, -0.2) is 0 Å². The molecule has 1 aromatic carbocycles. The van der Waals surface area contributed by atoms with Crippen LogP contribution in [-0.4, -0.2) is 0 Å². The van der Waals surface area contributed by atoms with Crippen molar-refractivity contribution in [3.05, 3.63) is 35.6 Å². The number of fused-ring (bicyclic) bond motifs is 1. The summed E-state index contributed by atoms with van der Waals surface area (Å²) in [7, 11) is 0. The molecule has 3 rings (SSSR count). The third-order valence-corrected chi connectivity index (χ3v) is 3.01. The Morgan fingerprint density at radius 2 is 2.21 bits per heavy atom. The largest absolute Gasteiger partial charge is 0.461 e. The van der Waals surface area contributed by atoms with E-state index in [1.165, 1.54) is 23.8 Å². The van der Waals surface area contributed by atoms with Crippen LogP contribution >= 0.6 is 0 Å². The van der Waals surface area contributed by atoms with Gasteiger partial charge in [-0.3, -0.25) is 0 Å². The molecule has 2 aromatic rings. The second-order valence-corrected chi connectivity index (χ2v) is 4.10. The topological polar surface area (TPSA) is 13.1 Å². The lowest BCUT2D eigenvalue weighted by atomic mass is 10.1.